The molecule has 3 atom stereocenters. The van der Waals surface area contributed by atoms with E-state index in [0.717, 1.165) is 32.1 Å². The molecule has 8 heteroatoms. The van der Waals surface area contributed by atoms with Crippen molar-refractivity contribution in [2.75, 3.05) is 5.32 Å². The zero-order chi connectivity index (χ0) is 20.1. The van der Waals surface area contributed by atoms with Crippen LogP contribution in [0.25, 0.3) is 11.0 Å². The maximum atomic E-state index is 12.7. The van der Waals surface area contributed by atoms with Crippen LogP contribution in [0, 0.1) is 0 Å². The molecular weight excluding hydrogens is 358 g/mol. The van der Waals surface area contributed by atoms with E-state index in [1.807, 2.05) is 31.7 Å². The van der Waals surface area contributed by atoms with Crippen molar-refractivity contribution in [3.05, 3.63) is 22.6 Å². The van der Waals surface area contributed by atoms with Gasteiger partial charge in [-0.25, -0.2) is 9.78 Å². The molecule has 1 unspecified atom stereocenters. The molecule has 1 amide bonds. The van der Waals surface area contributed by atoms with E-state index in [9.17, 15) is 9.59 Å². The zero-order valence-corrected chi connectivity index (χ0v) is 17.0. The highest BCUT2D eigenvalue weighted by molar-refractivity contribution is 5.75. The highest BCUT2D eigenvalue weighted by Gasteiger charge is 2.42. The summed E-state index contributed by atoms with van der Waals surface area (Å²) in [5.74, 6) is 0.575. The molecule has 4 heterocycles. The van der Waals surface area contributed by atoms with E-state index < -0.39 is 5.60 Å². The fraction of sp³-hybridized carbons (Fsp3) is 0.650. The van der Waals surface area contributed by atoms with Gasteiger partial charge in [0.2, 0.25) is 5.95 Å². The second-order valence-electron chi connectivity index (χ2n) is 8.98. The number of aromatic nitrogens is 3. The number of carbonyl (C=O) groups excluding carboxylic acids is 1. The molecule has 2 fully saturated rings. The number of hydrogen-bond acceptors (Lipinski definition) is 5. The summed E-state index contributed by atoms with van der Waals surface area (Å²) < 4.78 is 7.20. The van der Waals surface area contributed by atoms with E-state index in [4.69, 9.17) is 4.74 Å². The number of ether oxygens (including phenoxy) is 1. The number of amides is 1. The van der Waals surface area contributed by atoms with Gasteiger partial charge >= 0.3 is 6.09 Å². The number of H-pyrrole nitrogens is 1. The SMILES string of the molecule is Cn1c(NC2C[C@H]3CCC[C@@H](C2)N3C(=O)OC(C)(C)C)nc2cc[nH]c2c1=O. The van der Waals surface area contributed by atoms with Crippen LogP contribution in [0.1, 0.15) is 52.9 Å². The monoisotopic (exact) mass is 387 g/mol. The normalized spacial score (nSPS) is 25.0. The number of anilines is 1. The van der Waals surface area contributed by atoms with Gasteiger partial charge in [-0.05, 0) is 58.9 Å². The van der Waals surface area contributed by atoms with Crippen LogP contribution in [0.4, 0.5) is 10.7 Å². The number of nitrogens with zero attached hydrogens (tertiary/aromatic N) is 3. The predicted molar refractivity (Wildman–Crippen MR) is 107 cm³/mol. The Kier molecular flexibility index (Phi) is 4.59. The summed E-state index contributed by atoms with van der Waals surface area (Å²) in [5.41, 5.74) is 0.597. The minimum absolute atomic E-state index is 0.0936. The second kappa shape index (κ2) is 6.83. The van der Waals surface area contributed by atoms with Gasteiger partial charge in [0, 0.05) is 31.4 Å². The van der Waals surface area contributed by atoms with E-state index in [-0.39, 0.29) is 29.8 Å². The van der Waals surface area contributed by atoms with Gasteiger partial charge in [-0.1, -0.05) is 0 Å². The lowest BCUT2D eigenvalue weighted by atomic mass is 9.82. The van der Waals surface area contributed by atoms with Crippen LogP contribution in [0.5, 0.6) is 0 Å². The van der Waals surface area contributed by atoms with Crippen molar-refractivity contribution in [2.24, 2.45) is 7.05 Å². The number of piperidine rings is 2. The average molecular weight is 387 g/mol. The topological polar surface area (TPSA) is 92.2 Å². The first-order chi connectivity index (χ1) is 13.2. The number of nitrogens with one attached hydrogen (secondary N) is 2. The first-order valence-electron chi connectivity index (χ1n) is 10.0. The van der Waals surface area contributed by atoms with E-state index in [1.54, 1.807) is 17.8 Å². The third-order valence-electron chi connectivity index (χ3n) is 5.70. The Bertz CT molecular complexity index is 927. The highest BCUT2D eigenvalue weighted by atomic mass is 16.6. The van der Waals surface area contributed by atoms with Crippen LogP contribution in [0.15, 0.2) is 17.1 Å². The number of fused-ring (bicyclic) bond motifs is 3. The van der Waals surface area contributed by atoms with E-state index in [1.165, 1.54) is 0 Å². The molecule has 2 aliphatic rings. The standard InChI is InChI=1S/C20H29N5O3/c1-20(2,3)28-19(27)25-13-6-5-7-14(25)11-12(10-13)22-18-23-15-8-9-21-16(15)17(26)24(18)4/h8-9,12-14,21H,5-7,10-11H2,1-4H3,(H,22,23)/t12?,13-,14+. The smallest absolute Gasteiger partial charge is 0.410 e. The lowest BCUT2D eigenvalue weighted by Gasteiger charge is -2.48. The lowest BCUT2D eigenvalue weighted by Crippen LogP contribution is -2.58. The Hall–Kier alpha value is -2.51. The maximum absolute atomic E-state index is 12.7. The average Bonchev–Trinajstić information content (AvgIpc) is 3.05. The van der Waals surface area contributed by atoms with Crippen LogP contribution in [0.3, 0.4) is 0 Å². The largest absolute Gasteiger partial charge is 0.444 e. The number of carbonyl (C=O) groups is 1. The number of hydrogen-bond donors (Lipinski definition) is 2. The van der Waals surface area contributed by atoms with Gasteiger partial charge in [0.05, 0.1) is 5.52 Å². The van der Waals surface area contributed by atoms with Crippen LogP contribution in [-0.2, 0) is 11.8 Å². The minimum atomic E-state index is -0.491. The van der Waals surface area contributed by atoms with E-state index in [2.05, 4.69) is 15.3 Å². The number of rotatable bonds is 2. The van der Waals surface area contributed by atoms with Gasteiger partial charge in [-0.15, -0.1) is 0 Å². The van der Waals surface area contributed by atoms with Crippen LogP contribution in [-0.4, -0.2) is 49.3 Å². The summed E-state index contributed by atoms with van der Waals surface area (Å²) >= 11 is 0. The van der Waals surface area contributed by atoms with Crippen molar-refractivity contribution in [2.45, 2.75) is 76.6 Å². The van der Waals surface area contributed by atoms with Gasteiger partial charge in [0.1, 0.15) is 11.1 Å². The Morgan fingerprint density at radius 3 is 2.61 bits per heavy atom. The number of aromatic amines is 1. The van der Waals surface area contributed by atoms with Crippen LogP contribution in [0.2, 0.25) is 0 Å². The predicted octanol–water partition coefficient (Wildman–Crippen LogP) is 2.99. The van der Waals surface area contributed by atoms with Crippen molar-refractivity contribution >= 4 is 23.1 Å². The highest BCUT2D eigenvalue weighted by Crippen LogP contribution is 2.36. The quantitative estimate of drug-likeness (QED) is 0.826. The molecule has 0 saturated carbocycles. The van der Waals surface area contributed by atoms with Gasteiger partial charge in [0.15, 0.2) is 0 Å². The first-order valence-corrected chi connectivity index (χ1v) is 10.0. The Morgan fingerprint density at radius 2 is 1.96 bits per heavy atom. The molecule has 8 nitrogen and oxygen atoms in total. The summed E-state index contributed by atoms with van der Waals surface area (Å²) in [6.07, 6.45) is 6.28. The fourth-order valence-electron chi connectivity index (χ4n) is 4.50. The minimum Gasteiger partial charge on any atom is -0.444 e. The van der Waals surface area contributed by atoms with Crippen molar-refractivity contribution in [3.63, 3.8) is 0 Å². The molecule has 2 aliphatic heterocycles. The van der Waals surface area contributed by atoms with Crippen LogP contribution < -0.4 is 10.9 Å². The van der Waals surface area contributed by atoms with Gasteiger partial charge < -0.3 is 19.9 Å². The molecule has 2 saturated heterocycles. The van der Waals surface area contributed by atoms with Crippen molar-refractivity contribution in [3.8, 4) is 0 Å². The zero-order valence-electron chi connectivity index (χ0n) is 17.0. The molecule has 0 aromatic carbocycles. The molecule has 2 bridgehead atoms. The molecule has 0 aliphatic carbocycles. The van der Waals surface area contributed by atoms with Crippen molar-refractivity contribution < 1.29 is 9.53 Å². The molecule has 4 rings (SSSR count). The molecule has 2 aromatic heterocycles. The molecule has 152 valence electrons. The summed E-state index contributed by atoms with van der Waals surface area (Å²) in [7, 11) is 1.73. The first kappa shape index (κ1) is 18.8. The van der Waals surface area contributed by atoms with Crippen molar-refractivity contribution in [1.82, 2.24) is 19.4 Å². The second-order valence-corrected chi connectivity index (χ2v) is 8.98. The molecule has 2 N–H and O–H groups in total. The molecule has 0 spiro atoms. The lowest BCUT2D eigenvalue weighted by molar-refractivity contribution is -0.0199. The molecular formula is C20H29N5O3. The van der Waals surface area contributed by atoms with Gasteiger partial charge in [-0.3, -0.25) is 9.36 Å². The molecule has 2 aromatic rings. The van der Waals surface area contributed by atoms with Gasteiger partial charge in [0.25, 0.3) is 5.56 Å². The van der Waals surface area contributed by atoms with Crippen LogP contribution >= 0.6 is 0 Å². The Labute approximate surface area is 164 Å². The summed E-state index contributed by atoms with van der Waals surface area (Å²) in [6.45, 7) is 5.70. The molecule has 28 heavy (non-hydrogen) atoms. The summed E-state index contributed by atoms with van der Waals surface area (Å²) in [5, 5.41) is 3.47. The maximum Gasteiger partial charge on any atom is 0.410 e. The third-order valence-corrected chi connectivity index (χ3v) is 5.70. The Balaban J connectivity index is 1.53. The third kappa shape index (κ3) is 3.47. The van der Waals surface area contributed by atoms with E-state index >= 15 is 0 Å². The van der Waals surface area contributed by atoms with Gasteiger partial charge in [-0.2, -0.15) is 0 Å². The van der Waals surface area contributed by atoms with Crippen molar-refractivity contribution in [1.29, 1.82) is 0 Å². The van der Waals surface area contributed by atoms with E-state index in [0.29, 0.717) is 17.0 Å². The summed E-state index contributed by atoms with van der Waals surface area (Å²) in [4.78, 5) is 34.7. The fourth-order valence-corrected chi connectivity index (χ4v) is 4.50. The Morgan fingerprint density at radius 1 is 1.29 bits per heavy atom. The molecule has 0 radical (unpaired) electrons. The summed E-state index contributed by atoms with van der Waals surface area (Å²) in [6, 6.07) is 2.30.